The Labute approximate surface area is 137 Å². The van der Waals surface area contributed by atoms with Crippen molar-refractivity contribution in [3.8, 4) is 0 Å². The van der Waals surface area contributed by atoms with Gasteiger partial charge in [0.2, 0.25) is 10.0 Å². The molecule has 22 heavy (non-hydrogen) atoms. The number of nitrogens with zero attached hydrogens (tertiary/aromatic N) is 1. The summed E-state index contributed by atoms with van der Waals surface area (Å²) in [5.41, 5.74) is 0.831. The maximum absolute atomic E-state index is 13.1. The maximum atomic E-state index is 13.1. The molecule has 2 aromatic carbocycles. The lowest BCUT2D eigenvalue weighted by molar-refractivity contribution is 0.396. The lowest BCUT2D eigenvalue weighted by atomic mass is 10.1. The fourth-order valence-electron chi connectivity index (χ4n) is 2.81. The van der Waals surface area contributed by atoms with E-state index in [1.807, 2.05) is 0 Å². The molecule has 0 aliphatic carbocycles. The molecule has 2 aromatic rings. The summed E-state index contributed by atoms with van der Waals surface area (Å²) in [5.74, 6) is -0.317. The SMILES string of the molecule is O=S(=O)(c1cccc(Br)c1)N1CCCC1c1ccc(F)cc1. The molecule has 0 saturated carbocycles. The van der Waals surface area contributed by atoms with Gasteiger partial charge in [-0.1, -0.05) is 34.1 Å². The molecule has 3 nitrogen and oxygen atoms in total. The maximum Gasteiger partial charge on any atom is 0.243 e. The molecule has 1 atom stereocenters. The van der Waals surface area contributed by atoms with Gasteiger partial charge in [-0.05, 0) is 48.7 Å². The van der Waals surface area contributed by atoms with E-state index in [-0.39, 0.29) is 16.8 Å². The van der Waals surface area contributed by atoms with Crippen LogP contribution in [0.1, 0.15) is 24.4 Å². The van der Waals surface area contributed by atoms with E-state index in [0.29, 0.717) is 6.54 Å². The number of halogens is 2. The van der Waals surface area contributed by atoms with Gasteiger partial charge in [0.15, 0.2) is 0 Å². The van der Waals surface area contributed by atoms with Crippen LogP contribution in [-0.2, 0) is 10.0 Å². The summed E-state index contributed by atoms with van der Waals surface area (Å²) >= 11 is 3.31. The minimum atomic E-state index is -3.56. The van der Waals surface area contributed by atoms with E-state index in [2.05, 4.69) is 15.9 Å². The lowest BCUT2D eigenvalue weighted by Crippen LogP contribution is -2.30. The molecule has 0 amide bonds. The largest absolute Gasteiger partial charge is 0.243 e. The second-order valence-corrected chi connectivity index (χ2v) is 8.09. The van der Waals surface area contributed by atoms with Gasteiger partial charge < -0.3 is 0 Å². The third-order valence-electron chi connectivity index (χ3n) is 3.86. The van der Waals surface area contributed by atoms with Crippen LogP contribution in [0.4, 0.5) is 4.39 Å². The molecule has 116 valence electrons. The van der Waals surface area contributed by atoms with Crippen LogP contribution in [-0.4, -0.2) is 19.3 Å². The van der Waals surface area contributed by atoms with Crippen molar-refractivity contribution in [3.63, 3.8) is 0 Å². The molecule has 1 saturated heterocycles. The van der Waals surface area contributed by atoms with E-state index in [0.717, 1.165) is 22.9 Å². The highest BCUT2D eigenvalue weighted by atomic mass is 79.9. The zero-order valence-corrected chi connectivity index (χ0v) is 14.1. The van der Waals surface area contributed by atoms with Crippen molar-refractivity contribution >= 4 is 26.0 Å². The molecule has 1 aliphatic rings. The minimum Gasteiger partial charge on any atom is -0.207 e. The van der Waals surface area contributed by atoms with Crippen LogP contribution >= 0.6 is 15.9 Å². The minimum absolute atomic E-state index is 0.232. The van der Waals surface area contributed by atoms with Crippen molar-refractivity contribution in [1.29, 1.82) is 0 Å². The predicted octanol–water partition coefficient (Wildman–Crippen LogP) is 4.11. The van der Waals surface area contributed by atoms with E-state index >= 15 is 0 Å². The van der Waals surface area contributed by atoms with E-state index in [4.69, 9.17) is 0 Å². The van der Waals surface area contributed by atoms with Gasteiger partial charge in [-0.15, -0.1) is 0 Å². The first-order valence-electron chi connectivity index (χ1n) is 7.01. The molecule has 0 aromatic heterocycles. The summed E-state index contributed by atoms with van der Waals surface area (Å²) < 4.78 is 41.1. The van der Waals surface area contributed by atoms with Crippen LogP contribution in [0.15, 0.2) is 57.9 Å². The topological polar surface area (TPSA) is 37.4 Å². The van der Waals surface area contributed by atoms with Crippen LogP contribution in [0.3, 0.4) is 0 Å². The van der Waals surface area contributed by atoms with Crippen LogP contribution in [0.5, 0.6) is 0 Å². The average Bonchev–Trinajstić information content (AvgIpc) is 2.98. The molecule has 6 heteroatoms. The molecule has 1 aliphatic heterocycles. The highest BCUT2D eigenvalue weighted by Gasteiger charge is 2.36. The number of hydrogen-bond acceptors (Lipinski definition) is 2. The Bertz CT molecular complexity index is 777. The number of hydrogen-bond donors (Lipinski definition) is 0. The molecule has 0 radical (unpaired) electrons. The van der Waals surface area contributed by atoms with Crippen molar-refractivity contribution in [1.82, 2.24) is 4.31 Å². The average molecular weight is 384 g/mol. The summed E-state index contributed by atoms with van der Waals surface area (Å²) in [4.78, 5) is 0.274. The predicted molar refractivity (Wildman–Crippen MR) is 86.4 cm³/mol. The second-order valence-electron chi connectivity index (χ2n) is 5.28. The van der Waals surface area contributed by atoms with Crippen molar-refractivity contribution in [2.75, 3.05) is 6.54 Å². The zero-order chi connectivity index (χ0) is 15.7. The Morgan fingerprint density at radius 2 is 1.86 bits per heavy atom. The third kappa shape index (κ3) is 2.95. The van der Waals surface area contributed by atoms with E-state index in [1.165, 1.54) is 16.4 Å². The number of sulfonamides is 1. The Morgan fingerprint density at radius 1 is 1.14 bits per heavy atom. The summed E-state index contributed by atoms with van der Waals surface area (Å²) in [6.45, 7) is 0.483. The molecule has 1 unspecified atom stereocenters. The number of rotatable bonds is 3. The molecule has 1 heterocycles. The van der Waals surface area contributed by atoms with Crippen LogP contribution in [0.2, 0.25) is 0 Å². The van der Waals surface area contributed by atoms with Crippen LogP contribution in [0.25, 0.3) is 0 Å². The van der Waals surface area contributed by atoms with E-state index in [1.54, 1.807) is 36.4 Å². The zero-order valence-electron chi connectivity index (χ0n) is 11.7. The Morgan fingerprint density at radius 3 is 2.55 bits per heavy atom. The Balaban J connectivity index is 1.97. The Hall–Kier alpha value is -1.24. The van der Waals surface area contributed by atoms with Crippen molar-refractivity contribution < 1.29 is 12.8 Å². The van der Waals surface area contributed by atoms with Gasteiger partial charge in [0.1, 0.15) is 5.82 Å². The van der Waals surface area contributed by atoms with Crippen molar-refractivity contribution in [2.24, 2.45) is 0 Å². The smallest absolute Gasteiger partial charge is 0.207 e. The quantitative estimate of drug-likeness (QED) is 0.799. The lowest BCUT2D eigenvalue weighted by Gasteiger charge is -2.24. The van der Waals surface area contributed by atoms with Gasteiger partial charge in [-0.2, -0.15) is 4.31 Å². The highest BCUT2D eigenvalue weighted by molar-refractivity contribution is 9.10. The summed E-state index contributed by atoms with van der Waals surface area (Å²) in [6.07, 6.45) is 1.55. The highest BCUT2D eigenvalue weighted by Crippen LogP contribution is 2.36. The number of benzene rings is 2. The molecule has 1 fully saturated rings. The van der Waals surface area contributed by atoms with Gasteiger partial charge in [0, 0.05) is 11.0 Å². The normalized spacial score (nSPS) is 19.5. The van der Waals surface area contributed by atoms with Gasteiger partial charge in [0.05, 0.1) is 10.9 Å². The monoisotopic (exact) mass is 383 g/mol. The van der Waals surface area contributed by atoms with Gasteiger partial charge in [-0.3, -0.25) is 0 Å². The fraction of sp³-hybridized carbons (Fsp3) is 0.250. The first-order chi connectivity index (χ1) is 10.5. The van der Waals surface area contributed by atoms with Crippen LogP contribution in [0, 0.1) is 5.82 Å². The standard InChI is InChI=1S/C16H15BrFNO2S/c17-13-3-1-4-15(11-13)22(20,21)19-10-2-5-16(19)12-6-8-14(18)9-7-12/h1,3-4,6-9,11,16H,2,5,10H2. The summed E-state index contributed by atoms with van der Waals surface area (Å²) in [6, 6.07) is 12.5. The summed E-state index contributed by atoms with van der Waals surface area (Å²) in [7, 11) is -3.56. The first-order valence-corrected chi connectivity index (χ1v) is 9.25. The van der Waals surface area contributed by atoms with Crippen molar-refractivity contribution in [3.05, 3.63) is 64.4 Å². The van der Waals surface area contributed by atoms with Crippen LogP contribution < -0.4 is 0 Å². The summed E-state index contributed by atoms with van der Waals surface area (Å²) in [5, 5.41) is 0. The molecular formula is C16H15BrFNO2S. The molecule has 0 bridgehead atoms. The molecular weight excluding hydrogens is 369 g/mol. The Kier molecular flexibility index (Phi) is 4.34. The van der Waals surface area contributed by atoms with Gasteiger partial charge in [0.25, 0.3) is 0 Å². The van der Waals surface area contributed by atoms with Gasteiger partial charge >= 0.3 is 0 Å². The van der Waals surface area contributed by atoms with Crippen molar-refractivity contribution in [2.45, 2.75) is 23.8 Å². The van der Waals surface area contributed by atoms with E-state index < -0.39 is 10.0 Å². The second kappa shape index (κ2) is 6.10. The fourth-order valence-corrected chi connectivity index (χ4v) is 5.09. The molecule has 0 N–H and O–H groups in total. The third-order valence-corrected chi connectivity index (χ3v) is 6.26. The van der Waals surface area contributed by atoms with E-state index in [9.17, 15) is 12.8 Å². The first kappa shape index (κ1) is 15.6. The van der Waals surface area contributed by atoms with Gasteiger partial charge in [-0.25, -0.2) is 12.8 Å². The molecule has 0 spiro atoms. The molecule has 3 rings (SSSR count).